The number of rotatable bonds is 1. The van der Waals surface area contributed by atoms with E-state index in [0.717, 1.165) is 12.3 Å². The zero-order valence-electron chi connectivity index (χ0n) is 11.4. The maximum absolute atomic E-state index is 12.4. The van der Waals surface area contributed by atoms with Crippen LogP contribution in [0.3, 0.4) is 0 Å². The van der Waals surface area contributed by atoms with Crippen molar-refractivity contribution < 1.29 is 4.79 Å². The molecule has 0 radical (unpaired) electrons. The van der Waals surface area contributed by atoms with Crippen molar-refractivity contribution in [2.75, 3.05) is 25.4 Å². The summed E-state index contributed by atoms with van der Waals surface area (Å²) < 4.78 is 0. The quantitative estimate of drug-likeness (QED) is 0.803. The van der Waals surface area contributed by atoms with Crippen LogP contribution in [0.4, 0.5) is 4.79 Å². The van der Waals surface area contributed by atoms with Crippen molar-refractivity contribution in [3.8, 4) is 0 Å². The van der Waals surface area contributed by atoms with E-state index in [4.69, 9.17) is 0 Å². The molecule has 1 atom stereocenters. The Balaban J connectivity index is 1.42. The summed E-state index contributed by atoms with van der Waals surface area (Å²) in [4.78, 5) is 17.8. The van der Waals surface area contributed by atoms with E-state index in [9.17, 15) is 4.79 Å². The predicted octanol–water partition coefficient (Wildman–Crippen LogP) is 2.13. The van der Waals surface area contributed by atoms with Crippen LogP contribution in [-0.4, -0.2) is 47.3 Å². The molecule has 0 aromatic heterocycles. The lowest BCUT2D eigenvalue weighted by atomic mass is 9.84. The molecule has 4 nitrogen and oxygen atoms in total. The lowest BCUT2D eigenvalue weighted by Crippen LogP contribution is -2.58. The first-order chi connectivity index (χ1) is 9.79. The first-order valence-electron chi connectivity index (χ1n) is 7.34. The highest BCUT2D eigenvalue weighted by Gasteiger charge is 2.35. The Hall–Kier alpha value is -1.20. The molecule has 5 aliphatic heterocycles. The largest absolute Gasteiger partial charge is 0.333 e. The number of hydrogen-bond acceptors (Lipinski definition) is 3. The third-order valence-electron chi connectivity index (χ3n) is 4.70. The summed E-state index contributed by atoms with van der Waals surface area (Å²) in [7, 11) is 0. The van der Waals surface area contributed by atoms with Gasteiger partial charge >= 0.3 is 6.03 Å². The van der Waals surface area contributed by atoms with Gasteiger partial charge in [-0.1, -0.05) is 6.08 Å². The number of carbonyl (C=O) groups is 1. The Morgan fingerprint density at radius 3 is 2.95 bits per heavy atom. The van der Waals surface area contributed by atoms with Gasteiger partial charge in [0.2, 0.25) is 0 Å². The topological polar surface area (TPSA) is 35.6 Å². The minimum absolute atomic E-state index is 0.0130. The molecule has 0 aliphatic carbocycles. The molecule has 0 saturated carbocycles. The Labute approximate surface area is 123 Å². The van der Waals surface area contributed by atoms with Crippen molar-refractivity contribution in [2.24, 2.45) is 5.92 Å². The normalized spacial score (nSPS) is 34.6. The van der Waals surface area contributed by atoms with E-state index in [2.05, 4.69) is 16.3 Å². The van der Waals surface area contributed by atoms with Gasteiger partial charge in [-0.25, -0.2) is 4.79 Å². The molecule has 3 fully saturated rings. The van der Waals surface area contributed by atoms with Crippen LogP contribution in [0, 0.1) is 5.92 Å². The van der Waals surface area contributed by atoms with Gasteiger partial charge in [-0.15, -0.1) is 11.8 Å². The predicted molar refractivity (Wildman–Crippen MR) is 81.1 cm³/mol. The lowest BCUT2D eigenvalue weighted by Gasteiger charge is -2.45. The van der Waals surface area contributed by atoms with E-state index in [1.807, 2.05) is 18.5 Å². The fourth-order valence-electron chi connectivity index (χ4n) is 3.49. The van der Waals surface area contributed by atoms with Crippen LogP contribution in [0.2, 0.25) is 0 Å². The summed E-state index contributed by atoms with van der Waals surface area (Å²) in [5.41, 5.74) is 1.25. The van der Waals surface area contributed by atoms with Gasteiger partial charge in [-0.3, -0.25) is 4.90 Å². The number of allylic oxidation sites excluding steroid dienone is 2. The van der Waals surface area contributed by atoms with Gasteiger partial charge in [0, 0.05) is 35.6 Å². The zero-order chi connectivity index (χ0) is 13.5. The summed E-state index contributed by atoms with van der Waals surface area (Å²) in [6.45, 7) is 3.43. The van der Waals surface area contributed by atoms with Crippen LogP contribution in [0.25, 0.3) is 0 Å². The van der Waals surface area contributed by atoms with E-state index in [0.29, 0.717) is 12.0 Å². The van der Waals surface area contributed by atoms with E-state index < -0.39 is 0 Å². The number of urea groups is 1. The Morgan fingerprint density at radius 2 is 2.20 bits per heavy atom. The summed E-state index contributed by atoms with van der Waals surface area (Å²) in [5, 5.41) is 3.22. The molecule has 2 amide bonds. The van der Waals surface area contributed by atoms with Crippen LogP contribution in [0.1, 0.15) is 12.8 Å². The summed E-state index contributed by atoms with van der Waals surface area (Å²) in [6.07, 6.45) is 10.5. The third-order valence-corrected chi connectivity index (χ3v) is 5.68. The van der Waals surface area contributed by atoms with E-state index >= 15 is 0 Å². The molecule has 0 unspecified atom stereocenters. The summed E-state index contributed by atoms with van der Waals surface area (Å²) >= 11 is 1.79. The van der Waals surface area contributed by atoms with Gasteiger partial charge in [-0.2, -0.15) is 0 Å². The smallest absolute Gasteiger partial charge is 0.325 e. The van der Waals surface area contributed by atoms with Crippen molar-refractivity contribution >= 4 is 17.8 Å². The number of thioether (sulfide) groups is 1. The van der Waals surface area contributed by atoms with Gasteiger partial charge in [0.25, 0.3) is 0 Å². The molecule has 20 heavy (non-hydrogen) atoms. The molecular weight excluding hydrogens is 270 g/mol. The lowest BCUT2D eigenvalue weighted by molar-refractivity contribution is 0.0752. The number of nitrogens with zero attached hydrogens (tertiary/aromatic N) is 2. The van der Waals surface area contributed by atoms with Crippen LogP contribution in [0.5, 0.6) is 0 Å². The van der Waals surface area contributed by atoms with Gasteiger partial charge < -0.3 is 10.2 Å². The zero-order valence-corrected chi connectivity index (χ0v) is 12.2. The van der Waals surface area contributed by atoms with Crippen LogP contribution >= 0.6 is 11.8 Å². The number of piperidine rings is 3. The highest BCUT2D eigenvalue weighted by molar-refractivity contribution is 8.03. The molecule has 3 saturated heterocycles. The van der Waals surface area contributed by atoms with Crippen molar-refractivity contribution in [1.82, 2.24) is 15.1 Å². The summed E-state index contributed by atoms with van der Waals surface area (Å²) in [6, 6.07) is 0.337. The molecule has 0 spiro atoms. The number of hydrogen-bond donors (Lipinski definition) is 1. The van der Waals surface area contributed by atoms with Crippen LogP contribution < -0.4 is 5.32 Å². The second-order valence-corrected chi connectivity index (χ2v) is 6.94. The number of fused-ring (bicyclic) bond motifs is 4. The Bertz CT molecular complexity index is 517. The number of carbonyl (C=O) groups excluding carboxylic acids is 1. The number of amides is 2. The minimum Gasteiger partial charge on any atom is -0.333 e. The second kappa shape index (κ2) is 4.97. The first-order valence-corrected chi connectivity index (χ1v) is 8.33. The molecule has 0 aromatic rings. The molecule has 106 valence electrons. The van der Waals surface area contributed by atoms with E-state index in [1.165, 1.54) is 36.4 Å². The molecule has 1 N–H and O–H groups in total. The molecule has 2 bridgehead atoms. The maximum Gasteiger partial charge on any atom is 0.325 e. The molecule has 0 aromatic carbocycles. The summed E-state index contributed by atoms with van der Waals surface area (Å²) in [5.74, 6) is 1.68. The van der Waals surface area contributed by atoms with Crippen molar-refractivity contribution in [3.63, 3.8) is 0 Å². The average Bonchev–Trinajstić information content (AvgIpc) is 2.96. The van der Waals surface area contributed by atoms with Crippen LogP contribution in [-0.2, 0) is 0 Å². The fraction of sp³-hybridized carbons (Fsp3) is 0.533. The fourth-order valence-corrected chi connectivity index (χ4v) is 4.43. The molecule has 5 rings (SSSR count). The Kier molecular flexibility index (Phi) is 3.11. The van der Waals surface area contributed by atoms with Crippen molar-refractivity contribution in [2.45, 2.75) is 18.9 Å². The Morgan fingerprint density at radius 1 is 1.35 bits per heavy atom. The van der Waals surface area contributed by atoms with E-state index in [1.54, 1.807) is 16.7 Å². The molecular formula is C15H19N3OS. The highest BCUT2D eigenvalue weighted by Crippen LogP contribution is 2.35. The van der Waals surface area contributed by atoms with Crippen LogP contribution in [0.15, 0.2) is 35.0 Å². The van der Waals surface area contributed by atoms with Crippen molar-refractivity contribution in [1.29, 1.82) is 0 Å². The van der Waals surface area contributed by atoms with Gasteiger partial charge in [0.15, 0.2) is 0 Å². The standard InChI is InChI=1S/C15H19N3OS/c19-15(16-13-9-17-5-1-11(13)2-6-17)18-7-3-12-4-8-20-14(12)10-18/h3-4,7,10-11,13H,1-2,5-6,8-9H2,(H,16,19)/t13-/m1/s1. The van der Waals surface area contributed by atoms with E-state index in [-0.39, 0.29) is 6.03 Å². The molecule has 5 heterocycles. The van der Waals surface area contributed by atoms with Gasteiger partial charge in [-0.05, 0) is 43.5 Å². The monoisotopic (exact) mass is 289 g/mol. The van der Waals surface area contributed by atoms with Gasteiger partial charge in [0.05, 0.1) is 0 Å². The highest BCUT2D eigenvalue weighted by atomic mass is 32.2. The third kappa shape index (κ3) is 2.19. The number of nitrogens with one attached hydrogen (secondary N) is 1. The second-order valence-electron chi connectivity index (χ2n) is 5.88. The molecule has 5 heteroatoms. The average molecular weight is 289 g/mol. The SMILES string of the molecule is O=C(N[C@@H]1CN2CCC1CC2)N1C=CC2=CCSC2=C1. The van der Waals surface area contributed by atoms with Crippen molar-refractivity contribution in [3.05, 3.63) is 35.0 Å². The minimum atomic E-state index is 0.0130. The maximum atomic E-state index is 12.4. The molecule has 5 aliphatic rings. The first kappa shape index (κ1) is 12.5. The van der Waals surface area contributed by atoms with Gasteiger partial charge in [0.1, 0.15) is 0 Å².